The van der Waals surface area contributed by atoms with Gasteiger partial charge in [0.15, 0.2) is 0 Å². The third kappa shape index (κ3) is 3.76. The minimum absolute atomic E-state index is 0.0208. The van der Waals surface area contributed by atoms with Crippen molar-refractivity contribution in [3.05, 3.63) is 59.8 Å². The summed E-state index contributed by atoms with van der Waals surface area (Å²) in [7, 11) is -4.81. The van der Waals surface area contributed by atoms with Gasteiger partial charge in [-0.3, -0.25) is 0 Å². The van der Waals surface area contributed by atoms with Crippen molar-refractivity contribution >= 4 is 26.6 Å². The van der Waals surface area contributed by atoms with Gasteiger partial charge < -0.3 is 10.2 Å². The molecule has 0 saturated carbocycles. The fraction of sp³-hybridized carbons (Fsp3) is 0.300. The lowest BCUT2D eigenvalue weighted by Crippen LogP contribution is -2.43. The normalized spacial score (nSPS) is 15.7. The maximum atomic E-state index is 13.9. The standard InChI is InChI=1S/C20H18F5N3O2S/c21-19(22)13-12-28(31(29,30)17-7-2-1-4-14(17)20(23,24)25)16-6-3-5-15(18(13)16)27-10-8-26-9-11-27/h1-7,12,19,26H,8-11H2. The fourth-order valence-electron chi connectivity index (χ4n) is 3.83. The molecule has 1 saturated heterocycles. The van der Waals surface area contributed by atoms with Crippen LogP contribution in [-0.4, -0.2) is 38.6 Å². The smallest absolute Gasteiger partial charge is 0.368 e. The Balaban J connectivity index is 1.98. The summed E-state index contributed by atoms with van der Waals surface area (Å²) in [5.41, 5.74) is -1.57. The van der Waals surface area contributed by atoms with E-state index in [4.69, 9.17) is 0 Å². The summed E-state index contributed by atoms with van der Waals surface area (Å²) in [4.78, 5) is 0.860. The molecule has 3 aromatic rings. The Morgan fingerprint density at radius 2 is 1.65 bits per heavy atom. The Labute approximate surface area is 175 Å². The molecule has 2 heterocycles. The molecule has 2 aromatic carbocycles. The van der Waals surface area contributed by atoms with E-state index in [1.54, 1.807) is 6.07 Å². The van der Waals surface area contributed by atoms with Crippen molar-refractivity contribution in [3.63, 3.8) is 0 Å². The van der Waals surface area contributed by atoms with Gasteiger partial charge >= 0.3 is 6.18 Å². The van der Waals surface area contributed by atoms with E-state index in [-0.39, 0.29) is 10.9 Å². The van der Waals surface area contributed by atoms with Gasteiger partial charge in [-0.05, 0) is 24.3 Å². The molecule has 0 radical (unpaired) electrons. The number of alkyl halides is 5. The van der Waals surface area contributed by atoms with Crippen LogP contribution >= 0.6 is 0 Å². The third-order valence-electron chi connectivity index (χ3n) is 5.23. The molecule has 0 spiro atoms. The number of anilines is 1. The number of nitrogens with one attached hydrogen (secondary N) is 1. The summed E-state index contributed by atoms with van der Waals surface area (Å²) < 4.78 is 95.1. The summed E-state index contributed by atoms with van der Waals surface area (Å²) in [6.07, 6.45) is -7.21. The number of fused-ring (bicyclic) bond motifs is 1. The van der Waals surface area contributed by atoms with Crippen LogP contribution in [0.3, 0.4) is 0 Å². The van der Waals surface area contributed by atoms with Crippen molar-refractivity contribution in [1.29, 1.82) is 0 Å². The van der Waals surface area contributed by atoms with Gasteiger partial charge in [0, 0.05) is 49.0 Å². The maximum Gasteiger partial charge on any atom is 0.417 e. The van der Waals surface area contributed by atoms with E-state index in [9.17, 15) is 30.4 Å². The number of rotatable bonds is 4. The number of halogens is 5. The van der Waals surface area contributed by atoms with Crippen LogP contribution < -0.4 is 10.2 Å². The zero-order chi connectivity index (χ0) is 22.4. The van der Waals surface area contributed by atoms with Gasteiger partial charge in [0.1, 0.15) is 4.90 Å². The number of nitrogens with zero attached hydrogens (tertiary/aromatic N) is 2. The monoisotopic (exact) mass is 459 g/mol. The molecule has 0 atom stereocenters. The van der Waals surface area contributed by atoms with Crippen LogP contribution in [0.1, 0.15) is 17.6 Å². The highest BCUT2D eigenvalue weighted by molar-refractivity contribution is 7.90. The Hall–Kier alpha value is -2.66. The van der Waals surface area contributed by atoms with Crippen molar-refractivity contribution in [1.82, 2.24) is 9.29 Å². The van der Waals surface area contributed by atoms with Gasteiger partial charge in [0.05, 0.1) is 11.1 Å². The molecule has 166 valence electrons. The lowest BCUT2D eigenvalue weighted by Gasteiger charge is -2.30. The van der Waals surface area contributed by atoms with Crippen LogP contribution in [0.2, 0.25) is 0 Å². The average molecular weight is 459 g/mol. The molecule has 5 nitrogen and oxygen atoms in total. The van der Waals surface area contributed by atoms with Gasteiger partial charge in [0.25, 0.3) is 16.4 Å². The van der Waals surface area contributed by atoms with Crippen molar-refractivity contribution in [2.75, 3.05) is 31.1 Å². The first kappa shape index (κ1) is 21.6. The van der Waals surface area contributed by atoms with Crippen LogP contribution in [-0.2, 0) is 16.2 Å². The van der Waals surface area contributed by atoms with E-state index in [1.165, 1.54) is 12.1 Å². The molecule has 0 aliphatic carbocycles. The molecular weight excluding hydrogens is 441 g/mol. The molecule has 0 amide bonds. The lowest BCUT2D eigenvalue weighted by atomic mass is 10.1. The Bertz CT molecular complexity index is 1220. The second-order valence-electron chi connectivity index (χ2n) is 7.09. The van der Waals surface area contributed by atoms with Crippen molar-refractivity contribution in [2.24, 2.45) is 0 Å². The van der Waals surface area contributed by atoms with E-state index in [1.807, 2.05) is 4.90 Å². The zero-order valence-electron chi connectivity index (χ0n) is 16.0. The number of hydrogen-bond donors (Lipinski definition) is 1. The maximum absolute atomic E-state index is 13.9. The van der Waals surface area contributed by atoms with Gasteiger partial charge in [-0.25, -0.2) is 21.2 Å². The van der Waals surface area contributed by atoms with E-state index in [0.717, 1.165) is 24.4 Å². The van der Waals surface area contributed by atoms with Crippen LogP contribution in [0.5, 0.6) is 0 Å². The zero-order valence-corrected chi connectivity index (χ0v) is 16.9. The first-order valence-electron chi connectivity index (χ1n) is 9.42. The largest absolute Gasteiger partial charge is 0.417 e. The number of piperazine rings is 1. The second-order valence-corrected chi connectivity index (χ2v) is 8.87. The highest BCUT2D eigenvalue weighted by Gasteiger charge is 2.38. The van der Waals surface area contributed by atoms with E-state index in [2.05, 4.69) is 5.32 Å². The fourth-order valence-corrected chi connectivity index (χ4v) is 5.42. The van der Waals surface area contributed by atoms with Crippen molar-refractivity contribution in [3.8, 4) is 0 Å². The predicted molar refractivity (Wildman–Crippen MR) is 106 cm³/mol. The van der Waals surface area contributed by atoms with Gasteiger partial charge in [-0.2, -0.15) is 13.2 Å². The van der Waals surface area contributed by atoms with Crippen LogP contribution in [0.4, 0.5) is 27.6 Å². The van der Waals surface area contributed by atoms with Crippen molar-refractivity contribution in [2.45, 2.75) is 17.5 Å². The Morgan fingerprint density at radius 3 is 2.29 bits per heavy atom. The van der Waals surface area contributed by atoms with Crippen LogP contribution in [0.15, 0.2) is 53.6 Å². The van der Waals surface area contributed by atoms with Gasteiger partial charge in [-0.15, -0.1) is 0 Å². The molecule has 1 aliphatic rings. The molecule has 31 heavy (non-hydrogen) atoms. The molecule has 1 aromatic heterocycles. The first-order chi connectivity index (χ1) is 14.6. The lowest BCUT2D eigenvalue weighted by molar-refractivity contribution is -0.139. The topological polar surface area (TPSA) is 54.3 Å². The first-order valence-corrected chi connectivity index (χ1v) is 10.9. The summed E-state index contributed by atoms with van der Waals surface area (Å²) in [5.74, 6) is 0. The number of hydrogen-bond acceptors (Lipinski definition) is 4. The van der Waals surface area contributed by atoms with E-state index < -0.39 is 38.6 Å². The molecule has 0 unspecified atom stereocenters. The van der Waals surface area contributed by atoms with Crippen LogP contribution in [0.25, 0.3) is 10.9 Å². The molecule has 11 heteroatoms. The molecule has 1 N–H and O–H groups in total. The third-order valence-corrected chi connectivity index (χ3v) is 6.96. The molecular formula is C20H18F5N3O2S. The predicted octanol–water partition coefficient (Wildman–Crippen LogP) is 4.24. The quantitative estimate of drug-likeness (QED) is 0.593. The molecule has 4 rings (SSSR count). The number of aromatic nitrogens is 1. The molecule has 1 aliphatic heterocycles. The summed E-state index contributed by atoms with van der Waals surface area (Å²) in [5, 5.41) is 3.16. The van der Waals surface area contributed by atoms with Crippen LogP contribution in [0, 0.1) is 0 Å². The number of benzene rings is 2. The summed E-state index contributed by atoms with van der Waals surface area (Å²) in [6, 6.07) is 8.15. The minimum atomic E-state index is -4.93. The summed E-state index contributed by atoms with van der Waals surface area (Å²) >= 11 is 0. The van der Waals surface area contributed by atoms with Gasteiger partial charge in [-0.1, -0.05) is 18.2 Å². The average Bonchev–Trinajstić information content (AvgIpc) is 3.15. The highest BCUT2D eigenvalue weighted by atomic mass is 32.2. The molecule has 0 bridgehead atoms. The summed E-state index contributed by atoms with van der Waals surface area (Å²) in [6.45, 7) is 2.30. The molecule has 1 fully saturated rings. The van der Waals surface area contributed by atoms with E-state index in [0.29, 0.717) is 41.9 Å². The second kappa shape index (κ2) is 7.79. The minimum Gasteiger partial charge on any atom is -0.368 e. The SMILES string of the molecule is O=S(=O)(c1ccccc1C(F)(F)F)n1cc(C(F)F)c2c(N3CCNCC3)cccc21. The van der Waals surface area contributed by atoms with Gasteiger partial charge in [0.2, 0.25) is 0 Å². The van der Waals surface area contributed by atoms with E-state index >= 15 is 0 Å². The highest BCUT2D eigenvalue weighted by Crippen LogP contribution is 2.40. The Morgan fingerprint density at radius 1 is 0.968 bits per heavy atom. The Kier molecular flexibility index (Phi) is 5.42. The van der Waals surface area contributed by atoms with Crippen molar-refractivity contribution < 1.29 is 30.4 Å².